The van der Waals surface area contributed by atoms with Gasteiger partial charge in [-0.05, 0) is 18.2 Å². The monoisotopic (exact) mass is 318 g/mol. The summed E-state index contributed by atoms with van der Waals surface area (Å²) in [5.41, 5.74) is 0.693. The molecule has 0 atom stereocenters. The topological polar surface area (TPSA) is 106 Å². The van der Waals surface area contributed by atoms with E-state index in [-0.39, 0.29) is 21.9 Å². The van der Waals surface area contributed by atoms with Gasteiger partial charge in [0, 0.05) is 18.1 Å². The van der Waals surface area contributed by atoms with E-state index in [0.29, 0.717) is 5.56 Å². The van der Waals surface area contributed by atoms with E-state index >= 15 is 0 Å². The van der Waals surface area contributed by atoms with Crippen LogP contribution >= 0.6 is 0 Å². The third-order valence-corrected chi connectivity index (χ3v) is 3.86. The van der Waals surface area contributed by atoms with E-state index in [4.69, 9.17) is 5.14 Å². The van der Waals surface area contributed by atoms with E-state index in [1.54, 1.807) is 30.3 Å². The fourth-order valence-electron chi connectivity index (χ4n) is 1.96. The number of benzene rings is 2. The second-order valence-corrected chi connectivity index (χ2v) is 6.16. The Morgan fingerprint density at radius 2 is 1.64 bits per heavy atom. The quantitative estimate of drug-likeness (QED) is 0.833. The van der Waals surface area contributed by atoms with Crippen LogP contribution in [0.4, 0.5) is 5.69 Å². The standard InChI is InChI=1S/C15H14N2O4S/c1-10(18)17-13-9-12(7-8-14(13)22(16,20)21)15(19)11-5-3-2-4-6-11/h2-9H,1H3,(H,17,18)(H2,16,20,21). The molecule has 0 spiro atoms. The molecular weight excluding hydrogens is 304 g/mol. The minimum Gasteiger partial charge on any atom is -0.325 e. The van der Waals surface area contributed by atoms with Crippen molar-refractivity contribution in [1.82, 2.24) is 0 Å². The number of anilines is 1. The summed E-state index contributed by atoms with van der Waals surface area (Å²) >= 11 is 0. The molecule has 22 heavy (non-hydrogen) atoms. The van der Waals surface area contributed by atoms with Crippen molar-refractivity contribution >= 4 is 27.4 Å². The average Bonchev–Trinajstić information content (AvgIpc) is 2.45. The summed E-state index contributed by atoms with van der Waals surface area (Å²) in [4.78, 5) is 23.3. The molecule has 0 aliphatic rings. The van der Waals surface area contributed by atoms with Gasteiger partial charge in [0.15, 0.2) is 5.78 Å². The molecule has 0 fully saturated rings. The lowest BCUT2D eigenvalue weighted by atomic mass is 10.0. The molecule has 0 heterocycles. The Bertz CT molecular complexity index is 830. The maximum Gasteiger partial charge on any atom is 0.240 e. The maximum atomic E-state index is 12.4. The molecule has 0 unspecified atom stereocenters. The molecule has 0 radical (unpaired) electrons. The third-order valence-electron chi connectivity index (χ3n) is 2.89. The molecule has 2 aromatic rings. The van der Waals surface area contributed by atoms with Gasteiger partial charge in [0.25, 0.3) is 0 Å². The predicted molar refractivity (Wildman–Crippen MR) is 82.0 cm³/mol. The first-order valence-electron chi connectivity index (χ1n) is 6.33. The molecule has 7 heteroatoms. The van der Waals surface area contributed by atoms with E-state index in [1.807, 2.05) is 0 Å². The van der Waals surface area contributed by atoms with Gasteiger partial charge in [0.05, 0.1) is 5.69 Å². The normalized spacial score (nSPS) is 11.0. The lowest BCUT2D eigenvalue weighted by Crippen LogP contribution is -2.17. The van der Waals surface area contributed by atoms with E-state index < -0.39 is 15.9 Å². The number of ketones is 1. The molecular formula is C15H14N2O4S. The summed E-state index contributed by atoms with van der Waals surface area (Å²) < 4.78 is 23.1. The van der Waals surface area contributed by atoms with Gasteiger partial charge in [-0.25, -0.2) is 13.6 Å². The number of nitrogens with two attached hydrogens (primary N) is 1. The average molecular weight is 318 g/mol. The molecule has 2 rings (SSSR count). The number of amides is 1. The first-order chi connectivity index (χ1) is 10.3. The Balaban J connectivity index is 2.51. The lowest BCUT2D eigenvalue weighted by Gasteiger charge is -2.10. The van der Waals surface area contributed by atoms with E-state index in [9.17, 15) is 18.0 Å². The van der Waals surface area contributed by atoms with Crippen LogP contribution in [-0.2, 0) is 14.8 Å². The van der Waals surface area contributed by atoms with E-state index in [1.165, 1.54) is 25.1 Å². The van der Waals surface area contributed by atoms with Crippen LogP contribution in [0.15, 0.2) is 53.4 Å². The highest BCUT2D eigenvalue weighted by atomic mass is 32.2. The number of rotatable bonds is 4. The van der Waals surface area contributed by atoms with E-state index in [2.05, 4.69) is 5.32 Å². The van der Waals surface area contributed by atoms with Crippen LogP contribution in [0.3, 0.4) is 0 Å². The van der Waals surface area contributed by atoms with Gasteiger partial charge < -0.3 is 5.32 Å². The van der Waals surface area contributed by atoms with Crippen molar-refractivity contribution in [2.24, 2.45) is 5.14 Å². The minimum atomic E-state index is -4.01. The largest absolute Gasteiger partial charge is 0.325 e. The van der Waals surface area contributed by atoms with Crippen molar-refractivity contribution in [2.45, 2.75) is 11.8 Å². The van der Waals surface area contributed by atoms with Crippen LogP contribution in [0.25, 0.3) is 0 Å². The van der Waals surface area contributed by atoms with Gasteiger partial charge >= 0.3 is 0 Å². The van der Waals surface area contributed by atoms with Crippen molar-refractivity contribution in [3.63, 3.8) is 0 Å². The van der Waals surface area contributed by atoms with Crippen molar-refractivity contribution in [2.75, 3.05) is 5.32 Å². The zero-order valence-corrected chi connectivity index (χ0v) is 12.6. The molecule has 0 saturated carbocycles. The van der Waals surface area contributed by atoms with Gasteiger partial charge in [-0.3, -0.25) is 9.59 Å². The highest BCUT2D eigenvalue weighted by molar-refractivity contribution is 7.89. The maximum absolute atomic E-state index is 12.4. The van der Waals surface area contributed by atoms with Crippen LogP contribution in [0, 0.1) is 0 Å². The fraction of sp³-hybridized carbons (Fsp3) is 0.0667. The number of hydrogen-bond acceptors (Lipinski definition) is 4. The van der Waals surface area contributed by atoms with Crippen molar-refractivity contribution in [1.29, 1.82) is 0 Å². The van der Waals surface area contributed by atoms with Crippen molar-refractivity contribution in [3.8, 4) is 0 Å². The van der Waals surface area contributed by atoms with Gasteiger partial charge in [0.1, 0.15) is 4.90 Å². The lowest BCUT2D eigenvalue weighted by molar-refractivity contribution is -0.114. The molecule has 2 aromatic carbocycles. The van der Waals surface area contributed by atoms with Crippen LogP contribution in [0.5, 0.6) is 0 Å². The Morgan fingerprint density at radius 3 is 2.18 bits per heavy atom. The highest BCUT2D eigenvalue weighted by Crippen LogP contribution is 2.23. The Labute approximate surface area is 128 Å². The predicted octanol–water partition coefficient (Wildman–Crippen LogP) is 1.52. The Kier molecular flexibility index (Phi) is 4.39. The number of sulfonamides is 1. The second kappa shape index (κ2) is 6.08. The Morgan fingerprint density at radius 1 is 1.00 bits per heavy atom. The molecule has 3 N–H and O–H groups in total. The number of primary sulfonamides is 1. The molecule has 114 valence electrons. The van der Waals surface area contributed by atoms with Crippen molar-refractivity contribution in [3.05, 3.63) is 59.7 Å². The number of nitrogens with one attached hydrogen (secondary N) is 1. The summed E-state index contributed by atoms with van der Waals surface area (Å²) in [6, 6.07) is 12.4. The molecule has 0 aromatic heterocycles. The van der Waals surface area contributed by atoms with Gasteiger partial charge in [0.2, 0.25) is 15.9 Å². The van der Waals surface area contributed by atoms with Crippen LogP contribution in [0.1, 0.15) is 22.8 Å². The molecule has 6 nitrogen and oxygen atoms in total. The van der Waals surface area contributed by atoms with Crippen LogP contribution in [-0.4, -0.2) is 20.1 Å². The summed E-state index contributed by atoms with van der Waals surface area (Å²) in [5.74, 6) is -0.748. The zero-order valence-electron chi connectivity index (χ0n) is 11.7. The SMILES string of the molecule is CC(=O)Nc1cc(C(=O)c2ccccc2)ccc1S(N)(=O)=O. The fourth-order valence-corrected chi connectivity index (χ4v) is 2.64. The summed E-state index contributed by atoms with van der Waals surface area (Å²) in [7, 11) is -4.01. The number of hydrogen-bond donors (Lipinski definition) is 2. The molecule has 0 aliphatic carbocycles. The highest BCUT2D eigenvalue weighted by Gasteiger charge is 2.18. The number of carbonyl (C=O) groups is 2. The van der Waals surface area contributed by atoms with E-state index in [0.717, 1.165) is 0 Å². The van der Waals surface area contributed by atoms with Gasteiger partial charge in [-0.1, -0.05) is 30.3 Å². The summed E-state index contributed by atoms with van der Waals surface area (Å²) in [5, 5.41) is 7.48. The number of carbonyl (C=O) groups excluding carboxylic acids is 2. The third kappa shape index (κ3) is 3.57. The van der Waals surface area contributed by atoms with Crippen LogP contribution in [0.2, 0.25) is 0 Å². The van der Waals surface area contributed by atoms with Crippen molar-refractivity contribution < 1.29 is 18.0 Å². The second-order valence-electron chi connectivity index (χ2n) is 4.63. The smallest absolute Gasteiger partial charge is 0.240 e. The molecule has 0 aliphatic heterocycles. The minimum absolute atomic E-state index is 0.0169. The van der Waals surface area contributed by atoms with Gasteiger partial charge in [-0.2, -0.15) is 0 Å². The first-order valence-corrected chi connectivity index (χ1v) is 7.88. The van der Waals surface area contributed by atoms with Crippen LogP contribution < -0.4 is 10.5 Å². The molecule has 0 bridgehead atoms. The first kappa shape index (κ1) is 15.9. The Hall–Kier alpha value is -2.51. The van der Waals surface area contributed by atoms with Gasteiger partial charge in [-0.15, -0.1) is 0 Å². The zero-order chi connectivity index (χ0) is 16.3. The molecule has 0 saturated heterocycles. The summed E-state index contributed by atoms with van der Waals surface area (Å²) in [6.07, 6.45) is 0. The summed E-state index contributed by atoms with van der Waals surface area (Å²) in [6.45, 7) is 1.23. The molecule has 1 amide bonds.